The van der Waals surface area contributed by atoms with Crippen molar-refractivity contribution in [2.75, 3.05) is 19.6 Å². The summed E-state index contributed by atoms with van der Waals surface area (Å²) in [6.45, 7) is 10.8. The number of nitrogens with one attached hydrogen (secondary N) is 2. The van der Waals surface area contributed by atoms with Gasteiger partial charge in [-0.15, -0.1) is 0 Å². The van der Waals surface area contributed by atoms with Gasteiger partial charge in [-0.2, -0.15) is 0 Å². The molecule has 1 amide bonds. The van der Waals surface area contributed by atoms with Gasteiger partial charge in [0.2, 0.25) is 0 Å². The molecule has 22 heavy (non-hydrogen) atoms. The Labute approximate surface area is 135 Å². The molecule has 0 aromatic heterocycles. The predicted octanol–water partition coefficient (Wildman–Crippen LogP) is 2.51. The zero-order valence-corrected chi connectivity index (χ0v) is 14.7. The second kappa shape index (κ2) is 7.64. The number of nitrogens with zero attached hydrogens (tertiary/aromatic N) is 1. The number of hydrogen-bond acceptors (Lipinski definition) is 4. The minimum absolute atomic E-state index is 0.172. The van der Waals surface area contributed by atoms with Crippen molar-refractivity contribution in [2.45, 2.75) is 83.5 Å². The van der Waals surface area contributed by atoms with E-state index >= 15 is 0 Å². The van der Waals surface area contributed by atoms with Crippen LogP contribution < -0.4 is 10.6 Å². The lowest BCUT2D eigenvalue weighted by atomic mass is 10.0. The van der Waals surface area contributed by atoms with Crippen molar-refractivity contribution in [3.8, 4) is 0 Å². The van der Waals surface area contributed by atoms with Gasteiger partial charge in [-0.05, 0) is 66.3 Å². The standard InChI is InChI=1S/C17H33N3O2/c1-13(12-15-6-5-9-18-15)19-14-7-10-20(11-8-14)16(21)22-17(2,3)4/h13-15,18-19H,5-12H2,1-4H3. The second-order valence-corrected chi connectivity index (χ2v) is 7.84. The Morgan fingerprint density at radius 2 is 2.00 bits per heavy atom. The third-order valence-corrected chi connectivity index (χ3v) is 4.47. The normalized spacial score (nSPS) is 25.3. The van der Waals surface area contributed by atoms with Gasteiger partial charge in [0.25, 0.3) is 0 Å². The van der Waals surface area contributed by atoms with Crippen LogP contribution >= 0.6 is 0 Å². The van der Waals surface area contributed by atoms with E-state index in [2.05, 4.69) is 17.6 Å². The van der Waals surface area contributed by atoms with Gasteiger partial charge < -0.3 is 20.3 Å². The summed E-state index contributed by atoms with van der Waals surface area (Å²) in [4.78, 5) is 13.9. The number of rotatable bonds is 4. The van der Waals surface area contributed by atoms with Crippen LogP contribution in [-0.2, 0) is 4.74 Å². The zero-order chi connectivity index (χ0) is 16.2. The molecule has 0 aliphatic carbocycles. The van der Waals surface area contributed by atoms with Crippen molar-refractivity contribution in [3.63, 3.8) is 0 Å². The monoisotopic (exact) mass is 311 g/mol. The fraction of sp³-hybridized carbons (Fsp3) is 0.941. The molecule has 5 nitrogen and oxygen atoms in total. The Balaban J connectivity index is 1.67. The smallest absolute Gasteiger partial charge is 0.410 e. The Kier molecular flexibility index (Phi) is 6.09. The average Bonchev–Trinajstić information content (AvgIpc) is 2.90. The van der Waals surface area contributed by atoms with Crippen molar-refractivity contribution >= 4 is 6.09 Å². The van der Waals surface area contributed by atoms with E-state index in [1.807, 2.05) is 25.7 Å². The molecule has 2 aliphatic heterocycles. The summed E-state index contributed by atoms with van der Waals surface area (Å²) in [7, 11) is 0. The Hall–Kier alpha value is -0.810. The number of hydrogen-bond donors (Lipinski definition) is 2. The first-order valence-corrected chi connectivity index (χ1v) is 8.81. The summed E-state index contributed by atoms with van der Waals surface area (Å²) in [6.07, 6.45) is 5.68. The summed E-state index contributed by atoms with van der Waals surface area (Å²) in [5.74, 6) is 0. The van der Waals surface area contributed by atoms with Crippen LogP contribution in [0.25, 0.3) is 0 Å². The number of likely N-dealkylation sites (tertiary alicyclic amines) is 1. The van der Waals surface area contributed by atoms with Crippen molar-refractivity contribution in [1.29, 1.82) is 0 Å². The van der Waals surface area contributed by atoms with E-state index in [-0.39, 0.29) is 6.09 Å². The van der Waals surface area contributed by atoms with Gasteiger partial charge in [-0.25, -0.2) is 4.79 Å². The lowest BCUT2D eigenvalue weighted by molar-refractivity contribution is 0.0196. The van der Waals surface area contributed by atoms with Crippen LogP contribution in [0.2, 0.25) is 0 Å². The van der Waals surface area contributed by atoms with E-state index in [0.717, 1.165) is 25.9 Å². The van der Waals surface area contributed by atoms with Crippen molar-refractivity contribution in [3.05, 3.63) is 0 Å². The molecule has 2 atom stereocenters. The summed E-state index contributed by atoms with van der Waals surface area (Å²) in [5.41, 5.74) is -0.408. The van der Waals surface area contributed by atoms with Gasteiger partial charge in [0.05, 0.1) is 0 Å². The van der Waals surface area contributed by atoms with Crippen LogP contribution in [-0.4, -0.2) is 54.4 Å². The molecule has 2 saturated heterocycles. The summed E-state index contributed by atoms with van der Waals surface area (Å²) < 4.78 is 5.44. The highest BCUT2D eigenvalue weighted by atomic mass is 16.6. The molecule has 0 aromatic carbocycles. The van der Waals surface area contributed by atoms with Gasteiger partial charge in [0.15, 0.2) is 0 Å². The minimum Gasteiger partial charge on any atom is -0.444 e. The topological polar surface area (TPSA) is 53.6 Å². The highest BCUT2D eigenvalue weighted by Crippen LogP contribution is 2.17. The molecule has 0 bridgehead atoms. The molecule has 2 N–H and O–H groups in total. The molecule has 2 heterocycles. The largest absolute Gasteiger partial charge is 0.444 e. The number of ether oxygens (including phenoxy) is 1. The molecule has 5 heteroatoms. The molecular formula is C17H33N3O2. The number of piperidine rings is 1. The van der Waals surface area contributed by atoms with E-state index in [1.165, 1.54) is 25.8 Å². The first kappa shape index (κ1) is 17.5. The van der Waals surface area contributed by atoms with Gasteiger partial charge in [0.1, 0.15) is 5.60 Å². The van der Waals surface area contributed by atoms with E-state index in [4.69, 9.17) is 4.74 Å². The average molecular weight is 311 g/mol. The highest BCUT2D eigenvalue weighted by molar-refractivity contribution is 5.68. The van der Waals surface area contributed by atoms with E-state index < -0.39 is 5.60 Å². The molecule has 128 valence electrons. The lowest BCUT2D eigenvalue weighted by Crippen LogP contribution is -2.49. The SMILES string of the molecule is CC(CC1CCCN1)NC1CCN(C(=O)OC(C)(C)C)CC1. The quantitative estimate of drug-likeness (QED) is 0.837. The van der Waals surface area contributed by atoms with Crippen molar-refractivity contribution < 1.29 is 9.53 Å². The molecule has 2 rings (SSSR count). The number of amides is 1. The Morgan fingerprint density at radius 3 is 2.55 bits per heavy atom. The maximum absolute atomic E-state index is 12.0. The maximum atomic E-state index is 12.0. The molecule has 2 unspecified atom stereocenters. The molecule has 0 radical (unpaired) electrons. The fourth-order valence-electron chi connectivity index (χ4n) is 3.41. The lowest BCUT2D eigenvalue weighted by Gasteiger charge is -2.35. The van der Waals surface area contributed by atoms with Gasteiger partial charge in [-0.1, -0.05) is 0 Å². The van der Waals surface area contributed by atoms with Crippen molar-refractivity contribution in [1.82, 2.24) is 15.5 Å². The first-order chi connectivity index (χ1) is 10.3. The minimum atomic E-state index is -0.408. The predicted molar refractivity (Wildman–Crippen MR) is 89.1 cm³/mol. The number of carbonyl (C=O) groups is 1. The summed E-state index contributed by atoms with van der Waals surface area (Å²) >= 11 is 0. The molecular weight excluding hydrogens is 278 g/mol. The Morgan fingerprint density at radius 1 is 1.32 bits per heavy atom. The first-order valence-electron chi connectivity index (χ1n) is 8.81. The van der Waals surface area contributed by atoms with Crippen LogP contribution in [0.5, 0.6) is 0 Å². The fourth-order valence-corrected chi connectivity index (χ4v) is 3.41. The maximum Gasteiger partial charge on any atom is 0.410 e. The highest BCUT2D eigenvalue weighted by Gasteiger charge is 2.27. The zero-order valence-electron chi connectivity index (χ0n) is 14.7. The van der Waals surface area contributed by atoms with Crippen LogP contribution in [0, 0.1) is 0 Å². The molecule has 0 spiro atoms. The van der Waals surface area contributed by atoms with Crippen LogP contribution in [0.3, 0.4) is 0 Å². The van der Waals surface area contributed by atoms with Gasteiger partial charge in [0, 0.05) is 31.2 Å². The summed E-state index contributed by atoms with van der Waals surface area (Å²) in [5, 5.41) is 7.29. The van der Waals surface area contributed by atoms with E-state index in [0.29, 0.717) is 18.1 Å². The number of carbonyl (C=O) groups excluding carboxylic acids is 1. The van der Waals surface area contributed by atoms with Crippen molar-refractivity contribution in [2.24, 2.45) is 0 Å². The third-order valence-electron chi connectivity index (χ3n) is 4.47. The van der Waals surface area contributed by atoms with Crippen LogP contribution in [0.15, 0.2) is 0 Å². The third kappa shape index (κ3) is 5.76. The molecule has 2 fully saturated rings. The van der Waals surface area contributed by atoms with E-state index in [1.54, 1.807) is 0 Å². The molecule has 2 aliphatic rings. The Bertz CT molecular complexity index is 353. The second-order valence-electron chi connectivity index (χ2n) is 7.84. The molecule has 0 aromatic rings. The van der Waals surface area contributed by atoms with Crippen LogP contribution in [0.4, 0.5) is 4.79 Å². The van der Waals surface area contributed by atoms with Crippen LogP contribution in [0.1, 0.15) is 59.8 Å². The van der Waals surface area contributed by atoms with Gasteiger partial charge in [-0.3, -0.25) is 0 Å². The van der Waals surface area contributed by atoms with Gasteiger partial charge >= 0.3 is 6.09 Å². The van der Waals surface area contributed by atoms with E-state index in [9.17, 15) is 4.79 Å². The summed E-state index contributed by atoms with van der Waals surface area (Å²) in [6, 6.07) is 1.74. The molecule has 0 saturated carbocycles.